The molecule has 1 fully saturated rings. The number of nitrogens with zero attached hydrogens (tertiary/aromatic N) is 2. The van der Waals surface area contributed by atoms with Gasteiger partial charge in [0.2, 0.25) is 0 Å². The van der Waals surface area contributed by atoms with E-state index in [1.54, 1.807) is 0 Å². The molecule has 0 radical (unpaired) electrons. The summed E-state index contributed by atoms with van der Waals surface area (Å²) in [5, 5.41) is 0. The third-order valence-corrected chi connectivity index (χ3v) is 3.90. The molecular formula is C14H22N4O2. The van der Waals surface area contributed by atoms with Crippen molar-refractivity contribution in [1.29, 1.82) is 0 Å². The quantitative estimate of drug-likeness (QED) is 0.799. The molecule has 6 heteroatoms. The predicted octanol–water partition coefficient (Wildman–Crippen LogP) is -0.177. The standard InChI is InChI=1S/C14H22N4O2/c15-8-11-9-19-13-3-1-2-12(14(13)20-11)18-6-4-17(10-16)5-7-18/h1-3,11H,4-10,15-16H2. The molecule has 1 aromatic rings. The molecular weight excluding hydrogens is 256 g/mol. The van der Waals surface area contributed by atoms with Crippen molar-refractivity contribution in [3.05, 3.63) is 18.2 Å². The molecule has 2 aliphatic rings. The highest BCUT2D eigenvalue weighted by molar-refractivity contribution is 5.65. The fourth-order valence-corrected chi connectivity index (χ4v) is 2.66. The van der Waals surface area contributed by atoms with Crippen molar-refractivity contribution in [3.63, 3.8) is 0 Å². The molecule has 4 N–H and O–H groups in total. The van der Waals surface area contributed by atoms with Crippen LogP contribution in [-0.4, -0.2) is 57.0 Å². The van der Waals surface area contributed by atoms with Crippen LogP contribution in [0.1, 0.15) is 0 Å². The molecule has 110 valence electrons. The summed E-state index contributed by atoms with van der Waals surface area (Å²) >= 11 is 0. The van der Waals surface area contributed by atoms with E-state index in [1.807, 2.05) is 12.1 Å². The lowest BCUT2D eigenvalue weighted by Crippen LogP contribution is -2.48. The largest absolute Gasteiger partial charge is 0.486 e. The van der Waals surface area contributed by atoms with Crippen molar-refractivity contribution in [2.45, 2.75) is 6.10 Å². The van der Waals surface area contributed by atoms with Gasteiger partial charge in [-0.1, -0.05) is 6.07 Å². The van der Waals surface area contributed by atoms with E-state index in [-0.39, 0.29) is 6.10 Å². The maximum Gasteiger partial charge on any atom is 0.185 e. The number of hydrogen-bond acceptors (Lipinski definition) is 6. The number of hydrogen-bond donors (Lipinski definition) is 2. The van der Waals surface area contributed by atoms with E-state index in [2.05, 4.69) is 15.9 Å². The normalized spacial score (nSPS) is 22.9. The lowest BCUT2D eigenvalue weighted by molar-refractivity contribution is 0.0971. The molecule has 0 bridgehead atoms. The number of rotatable bonds is 3. The van der Waals surface area contributed by atoms with Crippen LogP contribution in [0.25, 0.3) is 0 Å². The van der Waals surface area contributed by atoms with E-state index < -0.39 is 0 Å². The van der Waals surface area contributed by atoms with Gasteiger partial charge in [0.1, 0.15) is 12.7 Å². The molecule has 20 heavy (non-hydrogen) atoms. The molecule has 3 rings (SSSR count). The van der Waals surface area contributed by atoms with E-state index in [9.17, 15) is 0 Å². The second-order valence-corrected chi connectivity index (χ2v) is 5.18. The number of anilines is 1. The van der Waals surface area contributed by atoms with Crippen LogP contribution in [0.4, 0.5) is 5.69 Å². The average Bonchev–Trinajstić information content (AvgIpc) is 2.54. The fraction of sp³-hybridized carbons (Fsp3) is 0.571. The van der Waals surface area contributed by atoms with Crippen LogP contribution in [-0.2, 0) is 0 Å². The van der Waals surface area contributed by atoms with Gasteiger partial charge in [0.15, 0.2) is 11.5 Å². The van der Waals surface area contributed by atoms with Crippen molar-refractivity contribution in [2.75, 3.05) is 50.9 Å². The Kier molecular flexibility index (Phi) is 3.95. The Morgan fingerprint density at radius 1 is 1.15 bits per heavy atom. The van der Waals surface area contributed by atoms with Crippen molar-refractivity contribution in [1.82, 2.24) is 4.90 Å². The van der Waals surface area contributed by atoms with Crippen molar-refractivity contribution in [3.8, 4) is 11.5 Å². The molecule has 2 aliphatic heterocycles. The maximum atomic E-state index is 5.99. The first kappa shape index (κ1) is 13.5. The van der Waals surface area contributed by atoms with Gasteiger partial charge in [0.05, 0.1) is 5.69 Å². The van der Waals surface area contributed by atoms with Gasteiger partial charge in [-0.3, -0.25) is 4.90 Å². The second kappa shape index (κ2) is 5.87. The number of piperazine rings is 1. The van der Waals surface area contributed by atoms with Crippen LogP contribution < -0.4 is 25.8 Å². The van der Waals surface area contributed by atoms with Gasteiger partial charge in [0, 0.05) is 39.4 Å². The number of ether oxygens (including phenoxy) is 2. The minimum absolute atomic E-state index is 0.0611. The van der Waals surface area contributed by atoms with Gasteiger partial charge >= 0.3 is 0 Å². The van der Waals surface area contributed by atoms with Gasteiger partial charge in [-0.2, -0.15) is 0 Å². The number of nitrogens with two attached hydrogens (primary N) is 2. The summed E-state index contributed by atoms with van der Waals surface area (Å²) in [7, 11) is 0. The molecule has 0 spiro atoms. The summed E-state index contributed by atoms with van der Waals surface area (Å²) < 4.78 is 11.7. The van der Waals surface area contributed by atoms with Crippen LogP contribution in [0, 0.1) is 0 Å². The van der Waals surface area contributed by atoms with E-state index in [1.165, 1.54) is 0 Å². The fourth-order valence-electron chi connectivity index (χ4n) is 2.66. The van der Waals surface area contributed by atoms with Crippen LogP contribution in [0.3, 0.4) is 0 Å². The van der Waals surface area contributed by atoms with Crippen molar-refractivity contribution in [2.24, 2.45) is 11.5 Å². The summed E-state index contributed by atoms with van der Waals surface area (Å²) in [5.41, 5.74) is 12.5. The Morgan fingerprint density at radius 3 is 2.65 bits per heavy atom. The third-order valence-electron chi connectivity index (χ3n) is 3.90. The smallest absolute Gasteiger partial charge is 0.185 e. The van der Waals surface area contributed by atoms with Gasteiger partial charge in [-0.05, 0) is 12.1 Å². The molecule has 0 aromatic heterocycles. The number of fused-ring (bicyclic) bond motifs is 1. The summed E-state index contributed by atoms with van der Waals surface area (Å²) in [6.45, 7) is 5.45. The molecule has 2 heterocycles. The summed E-state index contributed by atoms with van der Waals surface area (Å²) in [5.74, 6) is 1.64. The van der Waals surface area contributed by atoms with E-state index >= 15 is 0 Å². The monoisotopic (exact) mass is 278 g/mol. The Balaban J connectivity index is 1.80. The first-order valence-corrected chi connectivity index (χ1v) is 7.11. The maximum absolute atomic E-state index is 5.99. The molecule has 1 aromatic carbocycles. The lowest BCUT2D eigenvalue weighted by atomic mass is 10.2. The Morgan fingerprint density at radius 2 is 1.95 bits per heavy atom. The lowest BCUT2D eigenvalue weighted by Gasteiger charge is -2.37. The Labute approximate surface area is 119 Å². The van der Waals surface area contributed by atoms with Crippen molar-refractivity contribution < 1.29 is 9.47 Å². The molecule has 0 saturated carbocycles. The topological polar surface area (TPSA) is 77.0 Å². The second-order valence-electron chi connectivity index (χ2n) is 5.18. The van der Waals surface area contributed by atoms with Gasteiger partial charge in [-0.15, -0.1) is 0 Å². The minimum Gasteiger partial charge on any atom is -0.486 e. The molecule has 1 atom stereocenters. The van der Waals surface area contributed by atoms with Crippen LogP contribution in [0.5, 0.6) is 11.5 Å². The highest BCUT2D eigenvalue weighted by Crippen LogP contribution is 2.40. The first-order chi connectivity index (χ1) is 9.81. The average molecular weight is 278 g/mol. The van der Waals surface area contributed by atoms with E-state index in [4.69, 9.17) is 20.9 Å². The summed E-state index contributed by atoms with van der Waals surface area (Å²) in [6, 6.07) is 6.04. The predicted molar refractivity (Wildman–Crippen MR) is 78.2 cm³/mol. The van der Waals surface area contributed by atoms with E-state index in [0.29, 0.717) is 19.8 Å². The number of benzene rings is 1. The highest BCUT2D eigenvalue weighted by Gasteiger charge is 2.26. The first-order valence-electron chi connectivity index (χ1n) is 7.11. The third kappa shape index (κ3) is 2.54. The van der Waals surface area contributed by atoms with E-state index in [0.717, 1.165) is 43.4 Å². The van der Waals surface area contributed by atoms with Crippen LogP contribution in [0.2, 0.25) is 0 Å². The van der Waals surface area contributed by atoms with Gasteiger partial charge < -0.3 is 25.8 Å². The zero-order valence-corrected chi connectivity index (χ0v) is 11.6. The zero-order valence-electron chi connectivity index (χ0n) is 11.6. The molecule has 1 unspecified atom stereocenters. The minimum atomic E-state index is -0.0611. The van der Waals surface area contributed by atoms with Crippen LogP contribution >= 0.6 is 0 Å². The summed E-state index contributed by atoms with van der Waals surface area (Å²) in [4.78, 5) is 4.57. The number of para-hydroxylation sites is 1. The molecule has 0 amide bonds. The Hall–Kier alpha value is -1.50. The molecule has 0 aliphatic carbocycles. The molecule has 6 nitrogen and oxygen atoms in total. The SMILES string of the molecule is NCC1COc2cccc(N3CCN(CN)CC3)c2O1. The van der Waals surface area contributed by atoms with Gasteiger partial charge in [0.25, 0.3) is 0 Å². The summed E-state index contributed by atoms with van der Waals surface area (Å²) in [6.07, 6.45) is -0.0611. The van der Waals surface area contributed by atoms with Gasteiger partial charge in [-0.25, -0.2) is 0 Å². The zero-order chi connectivity index (χ0) is 13.9. The Bertz CT molecular complexity index is 460. The van der Waals surface area contributed by atoms with Crippen molar-refractivity contribution >= 4 is 5.69 Å². The molecule has 1 saturated heterocycles. The highest BCUT2D eigenvalue weighted by atomic mass is 16.6. The van der Waals surface area contributed by atoms with Crippen LogP contribution in [0.15, 0.2) is 18.2 Å².